The van der Waals surface area contributed by atoms with Gasteiger partial charge in [0.1, 0.15) is 0 Å². The molecule has 0 radical (unpaired) electrons. The number of hydrogen-bond acceptors (Lipinski definition) is 3. The van der Waals surface area contributed by atoms with E-state index in [2.05, 4.69) is 19.2 Å². The van der Waals surface area contributed by atoms with Crippen molar-refractivity contribution >= 4 is 11.8 Å². The van der Waals surface area contributed by atoms with Gasteiger partial charge in [-0.25, -0.2) is 0 Å². The van der Waals surface area contributed by atoms with Crippen LogP contribution in [0.5, 0.6) is 0 Å². The fraction of sp³-hybridized carbons (Fsp3) is 0.522. The van der Waals surface area contributed by atoms with Crippen molar-refractivity contribution in [3.63, 3.8) is 0 Å². The minimum absolute atomic E-state index is 0.0318. The molecular formula is C23H32O4. The Morgan fingerprint density at radius 2 is 2.11 bits per heavy atom. The third-order valence-electron chi connectivity index (χ3n) is 4.79. The van der Waals surface area contributed by atoms with E-state index < -0.39 is 11.6 Å². The average molecular weight is 373 g/mol. The number of aliphatic hydroxyl groups is 1. The molecule has 27 heavy (non-hydrogen) atoms. The zero-order chi connectivity index (χ0) is 20.1. The third kappa shape index (κ3) is 8.85. The summed E-state index contributed by atoms with van der Waals surface area (Å²) in [5.41, 5.74) is 1.76. The smallest absolute Gasteiger partial charge is 0.303 e. The number of allylic oxidation sites excluding steroid dienone is 5. The summed E-state index contributed by atoms with van der Waals surface area (Å²) in [5, 5.41) is 19.3. The van der Waals surface area contributed by atoms with E-state index in [4.69, 9.17) is 5.11 Å². The van der Waals surface area contributed by atoms with Gasteiger partial charge in [-0.05, 0) is 44.3 Å². The molecule has 1 aliphatic carbocycles. The molecule has 1 unspecified atom stereocenters. The molecule has 0 aromatic carbocycles. The van der Waals surface area contributed by atoms with Crippen LogP contribution < -0.4 is 0 Å². The molecule has 0 saturated carbocycles. The third-order valence-corrected chi connectivity index (χ3v) is 4.79. The summed E-state index contributed by atoms with van der Waals surface area (Å²) >= 11 is 0. The van der Waals surface area contributed by atoms with Gasteiger partial charge in [-0.15, -0.1) is 5.73 Å². The number of rotatable bonds is 13. The number of carboxylic acid groups (broad SMARTS) is 1. The summed E-state index contributed by atoms with van der Waals surface area (Å²) in [6.45, 7) is 5.65. The van der Waals surface area contributed by atoms with Gasteiger partial charge >= 0.3 is 5.97 Å². The lowest BCUT2D eigenvalue weighted by molar-refractivity contribution is -0.137. The van der Waals surface area contributed by atoms with Crippen molar-refractivity contribution in [2.24, 2.45) is 11.8 Å². The molecule has 0 amide bonds. The molecule has 0 aromatic heterocycles. The van der Waals surface area contributed by atoms with E-state index in [0.29, 0.717) is 32.1 Å². The van der Waals surface area contributed by atoms with Crippen molar-refractivity contribution < 1.29 is 19.8 Å². The topological polar surface area (TPSA) is 74.6 Å². The summed E-state index contributed by atoms with van der Waals surface area (Å²) in [6.07, 6.45) is 18.2. The molecule has 0 aromatic rings. The largest absolute Gasteiger partial charge is 0.481 e. The van der Waals surface area contributed by atoms with Crippen LogP contribution in [0.3, 0.4) is 0 Å². The lowest BCUT2D eigenvalue weighted by atomic mass is 9.88. The molecule has 0 heterocycles. The Morgan fingerprint density at radius 1 is 1.33 bits per heavy atom. The SMILES string of the molecule is C=C=CC(O)(CC=C[C@H]1C=CC(=O)[C@@H]1CC=CCCCC(=O)O)CCCC. The number of carboxylic acids is 1. The number of unbranched alkanes of at least 4 members (excludes halogenated alkanes) is 2. The molecule has 1 aliphatic rings. The van der Waals surface area contributed by atoms with Gasteiger partial charge in [0, 0.05) is 18.3 Å². The Hall–Kier alpha value is -2.16. The van der Waals surface area contributed by atoms with E-state index in [0.717, 1.165) is 12.8 Å². The van der Waals surface area contributed by atoms with Gasteiger partial charge in [-0.2, -0.15) is 0 Å². The molecule has 0 saturated heterocycles. The van der Waals surface area contributed by atoms with Crippen molar-refractivity contribution in [3.05, 3.63) is 54.8 Å². The molecule has 0 spiro atoms. The fourth-order valence-electron chi connectivity index (χ4n) is 3.19. The van der Waals surface area contributed by atoms with Crippen molar-refractivity contribution in [3.8, 4) is 0 Å². The number of hydrogen-bond donors (Lipinski definition) is 2. The summed E-state index contributed by atoms with van der Waals surface area (Å²) in [5.74, 6) is -0.749. The minimum atomic E-state index is -0.930. The summed E-state index contributed by atoms with van der Waals surface area (Å²) in [4.78, 5) is 22.6. The summed E-state index contributed by atoms with van der Waals surface area (Å²) in [7, 11) is 0. The second kappa shape index (κ2) is 12.3. The lowest BCUT2D eigenvalue weighted by Gasteiger charge is -2.22. The van der Waals surface area contributed by atoms with Gasteiger partial charge in [-0.1, -0.05) is 56.7 Å². The highest BCUT2D eigenvalue weighted by atomic mass is 16.4. The second-order valence-corrected chi connectivity index (χ2v) is 7.13. The van der Waals surface area contributed by atoms with Crippen LogP contribution in [0.2, 0.25) is 0 Å². The molecule has 3 atom stereocenters. The van der Waals surface area contributed by atoms with Crippen LogP contribution in [0.4, 0.5) is 0 Å². The van der Waals surface area contributed by atoms with Crippen LogP contribution in [-0.2, 0) is 9.59 Å². The Morgan fingerprint density at radius 3 is 2.78 bits per heavy atom. The molecule has 148 valence electrons. The Bertz CT molecular complexity index is 622. The average Bonchev–Trinajstić information content (AvgIpc) is 2.96. The molecular weight excluding hydrogens is 340 g/mol. The van der Waals surface area contributed by atoms with E-state index in [1.165, 1.54) is 0 Å². The molecule has 0 bridgehead atoms. The van der Waals surface area contributed by atoms with E-state index in [1.807, 2.05) is 30.4 Å². The van der Waals surface area contributed by atoms with E-state index in [9.17, 15) is 14.7 Å². The van der Waals surface area contributed by atoms with Gasteiger partial charge in [0.15, 0.2) is 5.78 Å². The standard InChI is InChI=1S/C23H32O4/c1-3-5-17-23(27,16-4-2)18-10-11-19-14-15-21(24)20(19)12-8-6-7-9-13-22(25)26/h6,8,10-11,14-16,19-20,27H,2-3,5,7,9,12-13,17-18H2,1H3,(H,25,26)/t19-,20+,23?/m0/s1. The first-order valence-corrected chi connectivity index (χ1v) is 9.76. The predicted molar refractivity (Wildman–Crippen MR) is 108 cm³/mol. The molecule has 4 nitrogen and oxygen atoms in total. The Labute approximate surface area is 162 Å². The van der Waals surface area contributed by atoms with Crippen LogP contribution in [0.1, 0.15) is 58.3 Å². The van der Waals surface area contributed by atoms with Crippen LogP contribution in [0, 0.1) is 11.8 Å². The molecule has 2 N–H and O–H groups in total. The number of ketones is 1. The van der Waals surface area contributed by atoms with Crippen LogP contribution in [-0.4, -0.2) is 27.6 Å². The van der Waals surface area contributed by atoms with Gasteiger partial charge in [0.05, 0.1) is 5.60 Å². The highest BCUT2D eigenvalue weighted by Crippen LogP contribution is 2.28. The van der Waals surface area contributed by atoms with Crippen molar-refractivity contribution in [2.45, 2.75) is 63.9 Å². The minimum Gasteiger partial charge on any atom is -0.481 e. The second-order valence-electron chi connectivity index (χ2n) is 7.13. The number of carbonyl (C=O) groups is 2. The fourth-order valence-corrected chi connectivity index (χ4v) is 3.19. The maximum atomic E-state index is 12.1. The molecule has 1 rings (SSSR count). The zero-order valence-corrected chi connectivity index (χ0v) is 16.3. The summed E-state index contributed by atoms with van der Waals surface area (Å²) < 4.78 is 0. The highest BCUT2D eigenvalue weighted by molar-refractivity contribution is 5.95. The maximum absolute atomic E-state index is 12.1. The van der Waals surface area contributed by atoms with E-state index >= 15 is 0 Å². The van der Waals surface area contributed by atoms with Gasteiger partial charge in [0.25, 0.3) is 0 Å². The Kier molecular flexibility index (Phi) is 10.4. The van der Waals surface area contributed by atoms with Gasteiger partial charge in [0.2, 0.25) is 0 Å². The maximum Gasteiger partial charge on any atom is 0.303 e. The number of carbonyl (C=O) groups excluding carboxylic acids is 1. The Balaban J connectivity index is 2.56. The predicted octanol–water partition coefficient (Wildman–Crippen LogP) is 4.77. The van der Waals surface area contributed by atoms with Gasteiger partial charge in [-0.3, -0.25) is 9.59 Å². The lowest BCUT2D eigenvalue weighted by Crippen LogP contribution is -2.24. The van der Waals surface area contributed by atoms with Crippen LogP contribution in [0.25, 0.3) is 0 Å². The van der Waals surface area contributed by atoms with E-state index in [-0.39, 0.29) is 24.0 Å². The number of aliphatic carboxylic acids is 1. The summed E-state index contributed by atoms with van der Waals surface area (Å²) in [6, 6.07) is 0. The first kappa shape index (κ1) is 22.9. The van der Waals surface area contributed by atoms with Gasteiger partial charge < -0.3 is 10.2 Å². The zero-order valence-electron chi connectivity index (χ0n) is 16.3. The molecule has 0 fully saturated rings. The molecule has 0 aliphatic heterocycles. The van der Waals surface area contributed by atoms with Crippen LogP contribution >= 0.6 is 0 Å². The highest BCUT2D eigenvalue weighted by Gasteiger charge is 2.27. The first-order valence-electron chi connectivity index (χ1n) is 9.76. The van der Waals surface area contributed by atoms with Crippen molar-refractivity contribution in [1.29, 1.82) is 0 Å². The monoisotopic (exact) mass is 372 g/mol. The van der Waals surface area contributed by atoms with Crippen LogP contribution in [0.15, 0.2) is 54.8 Å². The normalized spacial score (nSPS) is 21.6. The van der Waals surface area contributed by atoms with E-state index in [1.54, 1.807) is 12.2 Å². The quantitative estimate of drug-likeness (QED) is 0.277. The van der Waals surface area contributed by atoms with Crippen molar-refractivity contribution in [2.75, 3.05) is 0 Å². The first-order chi connectivity index (χ1) is 12.9. The molecule has 4 heteroatoms. The van der Waals surface area contributed by atoms with Crippen molar-refractivity contribution in [1.82, 2.24) is 0 Å².